The molecule has 1 aromatic carbocycles. The molecule has 1 saturated heterocycles. The van der Waals surface area contributed by atoms with Crippen LogP contribution >= 0.6 is 0 Å². The van der Waals surface area contributed by atoms with Crippen molar-refractivity contribution in [3.05, 3.63) is 36.0 Å². The van der Waals surface area contributed by atoms with Gasteiger partial charge in [0.25, 0.3) is 0 Å². The summed E-state index contributed by atoms with van der Waals surface area (Å²) in [7, 11) is 0. The van der Waals surface area contributed by atoms with Gasteiger partial charge in [-0.2, -0.15) is 0 Å². The highest BCUT2D eigenvalue weighted by molar-refractivity contribution is 5.98. The van der Waals surface area contributed by atoms with E-state index in [1.807, 2.05) is 40.7 Å². The Morgan fingerprint density at radius 1 is 1.24 bits per heavy atom. The second-order valence-corrected chi connectivity index (χ2v) is 6.42. The quantitative estimate of drug-likeness (QED) is 0.845. The summed E-state index contributed by atoms with van der Waals surface area (Å²) in [6.07, 6.45) is 4.61. The minimum atomic E-state index is 0.0403. The fraction of sp³-hybridized carbons (Fsp3) is 0.421. The summed E-state index contributed by atoms with van der Waals surface area (Å²) in [4.78, 5) is 37.2. The lowest BCUT2D eigenvalue weighted by Gasteiger charge is -2.32. The zero-order chi connectivity index (χ0) is 17.8. The zero-order valence-electron chi connectivity index (χ0n) is 14.4. The van der Waals surface area contributed by atoms with Crippen molar-refractivity contribution in [1.82, 2.24) is 14.8 Å². The molecule has 2 heterocycles. The van der Waals surface area contributed by atoms with Gasteiger partial charge in [-0.15, -0.1) is 0 Å². The predicted octanol–water partition coefficient (Wildman–Crippen LogP) is 1.97. The van der Waals surface area contributed by atoms with Crippen molar-refractivity contribution in [2.24, 2.45) is 0 Å². The van der Waals surface area contributed by atoms with Gasteiger partial charge in [-0.25, -0.2) is 0 Å². The third kappa shape index (κ3) is 3.73. The predicted molar refractivity (Wildman–Crippen MR) is 95.4 cm³/mol. The van der Waals surface area contributed by atoms with Gasteiger partial charge in [-0.3, -0.25) is 14.4 Å². The number of nitrogens with zero attached hydrogens (tertiary/aromatic N) is 2. The Labute approximate surface area is 146 Å². The Balaban J connectivity index is 1.64. The number of piperidine rings is 1. The maximum Gasteiger partial charge on any atom is 0.242 e. The second kappa shape index (κ2) is 7.51. The molecule has 0 atom stereocenters. The minimum absolute atomic E-state index is 0.0403. The first-order chi connectivity index (χ1) is 12.1. The first-order valence-corrected chi connectivity index (χ1v) is 8.72. The van der Waals surface area contributed by atoms with Crippen LogP contribution in [-0.4, -0.2) is 46.7 Å². The number of rotatable bonds is 5. The van der Waals surface area contributed by atoms with Crippen molar-refractivity contribution in [3.8, 4) is 0 Å². The molecule has 0 aliphatic carbocycles. The summed E-state index contributed by atoms with van der Waals surface area (Å²) in [5.74, 6) is 0.100. The monoisotopic (exact) mass is 341 g/mol. The van der Waals surface area contributed by atoms with Crippen LogP contribution in [0.1, 0.15) is 36.5 Å². The van der Waals surface area contributed by atoms with Crippen LogP contribution < -0.4 is 5.32 Å². The van der Waals surface area contributed by atoms with Gasteiger partial charge in [-0.1, -0.05) is 25.1 Å². The van der Waals surface area contributed by atoms with Crippen molar-refractivity contribution < 1.29 is 14.4 Å². The highest BCUT2D eigenvalue weighted by atomic mass is 16.2. The molecule has 6 heteroatoms. The van der Waals surface area contributed by atoms with Crippen LogP contribution in [0.2, 0.25) is 0 Å². The van der Waals surface area contributed by atoms with E-state index in [4.69, 9.17) is 0 Å². The summed E-state index contributed by atoms with van der Waals surface area (Å²) in [6, 6.07) is 7.76. The van der Waals surface area contributed by atoms with Gasteiger partial charge in [0.2, 0.25) is 11.8 Å². The van der Waals surface area contributed by atoms with Gasteiger partial charge >= 0.3 is 0 Å². The molecule has 1 aliphatic heterocycles. The van der Waals surface area contributed by atoms with Crippen LogP contribution in [0.5, 0.6) is 0 Å². The van der Waals surface area contributed by atoms with Crippen LogP contribution in [-0.2, 0) is 16.1 Å². The number of aldehydes is 1. The number of carbonyl (C=O) groups is 3. The van der Waals surface area contributed by atoms with Gasteiger partial charge < -0.3 is 14.8 Å². The average molecular weight is 341 g/mol. The fourth-order valence-electron chi connectivity index (χ4n) is 3.35. The first kappa shape index (κ1) is 17.2. The van der Waals surface area contributed by atoms with Gasteiger partial charge in [0.15, 0.2) is 6.29 Å². The molecule has 0 radical (unpaired) electrons. The van der Waals surface area contributed by atoms with E-state index in [1.165, 1.54) is 0 Å². The lowest BCUT2D eigenvalue weighted by atomic mass is 10.0. The van der Waals surface area contributed by atoms with E-state index in [2.05, 4.69) is 5.32 Å². The van der Waals surface area contributed by atoms with Gasteiger partial charge in [0.1, 0.15) is 6.54 Å². The fourth-order valence-corrected chi connectivity index (χ4v) is 3.35. The van der Waals surface area contributed by atoms with Crippen LogP contribution in [0.25, 0.3) is 10.9 Å². The molecular weight excluding hydrogens is 318 g/mol. The van der Waals surface area contributed by atoms with Crippen LogP contribution in [0.3, 0.4) is 0 Å². The molecule has 3 rings (SSSR count). The van der Waals surface area contributed by atoms with Crippen molar-refractivity contribution in [2.45, 2.75) is 38.8 Å². The molecule has 1 aliphatic rings. The lowest BCUT2D eigenvalue weighted by molar-refractivity contribution is -0.133. The first-order valence-electron chi connectivity index (χ1n) is 8.72. The number of para-hydroxylation sites is 1. The smallest absolute Gasteiger partial charge is 0.242 e. The normalized spacial score (nSPS) is 15.3. The number of benzene rings is 1. The van der Waals surface area contributed by atoms with E-state index in [0.29, 0.717) is 25.1 Å². The molecule has 2 amide bonds. The van der Waals surface area contributed by atoms with Gasteiger partial charge in [-0.05, 0) is 18.9 Å². The molecule has 132 valence electrons. The van der Waals surface area contributed by atoms with Crippen molar-refractivity contribution >= 4 is 29.0 Å². The van der Waals surface area contributed by atoms with Gasteiger partial charge in [0.05, 0.1) is 0 Å². The van der Waals surface area contributed by atoms with Crippen molar-refractivity contribution in [2.75, 3.05) is 13.1 Å². The Morgan fingerprint density at radius 3 is 2.64 bits per heavy atom. The topological polar surface area (TPSA) is 71.4 Å². The summed E-state index contributed by atoms with van der Waals surface area (Å²) in [5.41, 5.74) is 1.49. The van der Waals surface area contributed by atoms with Crippen LogP contribution in [0, 0.1) is 0 Å². The maximum absolute atomic E-state index is 12.6. The molecule has 25 heavy (non-hydrogen) atoms. The number of fused-ring (bicyclic) bond motifs is 1. The number of likely N-dealkylation sites (tertiary alicyclic amines) is 1. The zero-order valence-corrected chi connectivity index (χ0v) is 14.4. The summed E-state index contributed by atoms with van der Waals surface area (Å²) >= 11 is 0. The van der Waals surface area contributed by atoms with E-state index >= 15 is 0 Å². The molecule has 0 unspecified atom stereocenters. The second-order valence-electron chi connectivity index (χ2n) is 6.42. The number of hydrogen-bond donors (Lipinski definition) is 1. The van der Waals surface area contributed by atoms with E-state index in [9.17, 15) is 14.4 Å². The van der Waals surface area contributed by atoms with Crippen molar-refractivity contribution in [3.63, 3.8) is 0 Å². The molecule has 6 nitrogen and oxygen atoms in total. The van der Waals surface area contributed by atoms with Crippen molar-refractivity contribution in [1.29, 1.82) is 0 Å². The van der Waals surface area contributed by atoms with Gasteiger partial charge in [0, 0.05) is 48.2 Å². The highest BCUT2D eigenvalue weighted by Gasteiger charge is 2.24. The Kier molecular flexibility index (Phi) is 5.16. The number of aromatic nitrogens is 1. The number of hydrogen-bond acceptors (Lipinski definition) is 3. The van der Waals surface area contributed by atoms with E-state index in [-0.39, 0.29) is 24.4 Å². The van der Waals surface area contributed by atoms with Crippen LogP contribution in [0.15, 0.2) is 30.5 Å². The number of amides is 2. The molecule has 1 N–H and O–H groups in total. The molecule has 2 aromatic rings. The average Bonchev–Trinajstić information content (AvgIpc) is 3.00. The van der Waals surface area contributed by atoms with Crippen LogP contribution in [0.4, 0.5) is 0 Å². The largest absolute Gasteiger partial charge is 0.353 e. The Morgan fingerprint density at radius 2 is 1.96 bits per heavy atom. The summed E-state index contributed by atoms with van der Waals surface area (Å²) in [6.45, 7) is 3.35. The molecule has 0 bridgehead atoms. The third-order valence-corrected chi connectivity index (χ3v) is 4.79. The SMILES string of the molecule is CCC(=O)NC1CCN(C(=O)Cn2cc(C=O)c3ccccc32)CC1. The van der Waals surface area contributed by atoms with E-state index in [0.717, 1.165) is 30.0 Å². The van der Waals surface area contributed by atoms with E-state index < -0.39 is 0 Å². The van der Waals surface area contributed by atoms with E-state index in [1.54, 1.807) is 6.20 Å². The third-order valence-electron chi connectivity index (χ3n) is 4.79. The Bertz CT molecular complexity index is 788. The highest BCUT2D eigenvalue weighted by Crippen LogP contribution is 2.20. The number of nitrogens with one attached hydrogen (secondary N) is 1. The lowest BCUT2D eigenvalue weighted by Crippen LogP contribution is -2.47. The summed E-state index contributed by atoms with van der Waals surface area (Å²) < 4.78 is 1.84. The molecular formula is C19H23N3O3. The standard InChI is InChI=1S/C19H23N3O3/c1-2-18(24)20-15-7-9-21(10-8-15)19(25)12-22-11-14(13-23)16-5-3-4-6-17(16)22/h3-6,11,13,15H,2,7-10,12H2,1H3,(H,20,24). The minimum Gasteiger partial charge on any atom is -0.353 e. The molecule has 1 aromatic heterocycles. The molecule has 0 saturated carbocycles. The number of carbonyl (C=O) groups excluding carboxylic acids is 3. The Hall–Kier alpha value is -2.63. The molecule has 0 spiro atoms. The molecule has 1 fully saturated rings. The summed E-state index contributed by atoms with van der Waals surface area (Å²) in [5, 5.41) is 3.86. The maximum atomic E-state index is 12.6.